The van der Waals surface area contributed by atoms with Gasteiger partial charge in [-0.25, -0.2) is 9.48 Å². The third kappa shape index (κ3) is 4.04. The third-order valence-corrected chi connectivity index (χ3v) is 3.22. The van der Waals surface area contributed by atoms with E-state index in [0.29, 0.717) is 16.4 Å². The van der Waals surface area contributed by atoms with E-state index in [1.165, 1.54) is 0 Å². The predicted octanol–water partition coefficient (Wildman–Crippen LogP) is 2.64. The number of amides is 2. The molecule has 1 aromatic carbocycles. The van der Waals surface area contributed by atoms with Crippen molar-refractivity contribution in [3.63, 3.8) is 0 Å². The van der Waals surface area contributed by atoms with E-state index < -0.39 is 0 Å². The minimum Gasteiger partial charge on any atom is -0.332 e. The number of halogens is 1. The van der Waals surface area contributed by atoms with Gasteiger partial charge in [-0.1, -0.05) is 22.9 Å². The number of carbonyl (C=O) groups excluding carboxylic acids is 1. The first-order chi connectivity index (χ1) is 11.2. The van der Waals surface area contributed by atoms with Gasteiger partial charge in [-0.3, -0.25) is 4.98 Å². The van der Waals surface area contributed by atoms with Crippen LogP contribution in [0.15, 0.2) is 55.0 Å². The summed E-state index contributed by atoms with van der Waals surface area (Å²) in [7, 11) is 0. The van der Waals surface area contributed by atoms with Gasteiger partial charge in [0.25, 0.3) is 0 Å². The largest absolute Gasteiger partial charge is 0.332 e. The minimum absolute atomic E-state index is 0.261. The molecule has 2 heterocycles. The number of nitrogens with zero attached hydrogens (tertiary/aromatic N) is 4. The highest BCUT2D eigenvalue weighted by Crippen LogP contribution is 2.14. The molecule has 0 aliphatic rings. The van der Waals surface area contributed by atoms with Gasteiger partial charge >= 0.3 is 6.03 Å². The fourth-order valence-corrected chi connectivity index (χ4v) is 2.11. The average molecular weight is 329 g/mol. The van der Waals surface area contributed by atoms with Crippen molar-refractivity contribution in [2.45, 2.75) is 6.54 Å². The molecule has 0 aliphatic carbocycles. The smallest absolute Gasteiger partial charge is 0.319 e. The second-order valence-electron chi connectivity index (χ2n) is 4.68. The van der Waals surface area contributed by atoms with E-state index in [0.717, 1.165) is 5.69 Å². The van der Waals surface area contributed by atoms with E-state index in [4.69, 9.17) is 11.6 Å². The van der Waals surface area contributed by atoms with Crippen LogP contribution in [0.1, 0.15) is 5.69 Å². The summed E-state index contributed by atoms with van der Waals surface area (Å²) in [4.78, 5) is 15.8. The Hall–Kier alpha value is -2.93. The van der Waals surface area contributed by atoms with Gasteiger partial charge in [0, 0.05) is 23.1 Å². The molecule has 3 rings (SSSR count). The van der Waals surface area contributed by atoms with E-state index in [9.17, 15) is 4.79 Å². The number of hydrogen-bond donors (Lipinski definition) is 2. The molecule has 0 saturated heterocycles. The van der Waals surface area contributed by atoms with Gasteiger partial charge in [-0.2, -0.15) is 0 Å². The summed E-state index contributed by atoms with van der Waals surface area (Å²) in [5.41, 5.74) is 2.11. The highest BCUT2D eigenvalue weighted by molar-refractivity contribution is 6.30. The van der Waals surface area contributed by atoms with Gasteiger partial charge < -0.3 is 10.6 Å². The molecule has 116 valence electrons. The zero-order valence-electron chi connectivity index (χ0n) is 12.0. The lowest BCUT2D eigenvalue weighted by atomic mass is 10.3. The van der Waals surface area contributed by atoms with E-state index >= 15 is 0 Å². The Labute approximate surface area is 137 Å². The van der Waals surface area contributed by atoms with Crippen molar-refractivity contribution in [2.75, 3.05) is 5.32 Å². The molecule has 2 amide bonds. The molecule has 2 aromatic heterocycles. The summed E-state index contributed by atoms with van der Waals surface area (Å²) in [6.07, 6.45) is 5.09. The first kappa shape index (κ1) is 15.0. The summed E-state index contributed by atoms with van der Waals surface area (Å²) in [5, 5.41) is 14.0. The standard InChI is InChI=1S/C15H13ClN6O/c16-11-2-1-3-12(8-11)19-15(23)18-9-13-10-22(21-20-13)14-4-6-17-7-5-14/h1-8,10H,9H2,(H2,18,19,23). The maximum Gasteiger partial charge on any atom is 0.319 e. The van der Waals surface area contributed by atoms with E-state index in [1.54, 1.807) is 47.5 Å². The van der Waals surface area contributed by atoms with Crippen LogP contribution in [0.5, 0.6) is 0 Å². The van der Waals surface area contributed by atoms with Gasteiger partial charge in [0.15, 0.2) is 0 Å². The molecule has 3 aromatic rings. The lowest BCUT2D eigenvalue weighted by molar-refractivity contribution is 0.251. The van der Waals surface area contributed by atoms with Crippen molar-refractivity contribution in [2.24, 2.45) is 0 Å². The number of pyridine rings is 1. The van der Waals surface area contributed by atoms with Crippen LogP contribution in [0.3, 0.4) is 0 Å². The number of anilines is 1. The van der Waals surface area contributed by atoms with Gasteiger partial charge in [-0.15, -0.1) is 5.10 Å². The summed E-state index contributed by atoms with van der Waals surface area (Å²) in [6.45, 7) is 0.261. The van der Waals surface area contributed by atoms with Crippen LogP contribution in [0.4, 0.5) is 10.5 Å². The van der Waals surface area contributed by atoms with Gasteiger partial charge in [-0.05, 0) is 30.3 Å². The average Bonchev–Trinajstić information content (AvgIpc) is 3.03. The second kappa shape index (κ2) is 6.89. The maximum absolute atomic E-state index is 11.8. The fourth-order valence-electron chi connectivity index (χ4n) is 1.91. The van der Waals surface area contributed by atoms with Crippen molar-refractivity contribution in [3.8, 4) is 5.69 Å². The summed E-state index contributed by atoms with van der Waals surface area (Å²) >= 11 is 5.87. The molecule has 0 bridgehead atoms. The van der Waals surface area contributed by atoms with Crippen LogP contribution >= 0.6 is 11.6 Å². The molecule has 0 atom stereocenters. The Morgan fingerprint density at radius 2 is 2.04 bits per heavy atom. The zero-order valence-corrected chi connectivity index (χ0v) is 12.7. The van der Waals surface area contributed by atoms with E-state index in [2.05, 4.69) is 25.9 Å². The van der Waals surface area contributed by atoms with Crippen molar-refractivity contribution in [1.29, 1.82) is 0 Å². The normalized spacial score (nSPS) is 10.3. The monoisotopic (exact) mass is 328 g/mol. The molecule has 0 spiro atoms. The molecule has 0 radical (unpaired) electrons. The molecular formula is C15H13ClN6O. The van der Waals surface area contributed by atoms with Crippen LogP contribution in [-0.2, 0) is 6.54 Å². The van der Waals surface area contributed by atoms with Gasteiger partial charge in [0.05, 0.1) is 18.4 Å². The number of urea groups is 1. The summed E-state index contributed by atoms with van der Waals surface area (Å²) < 4.78 is 1.62. The van der Waals surface area contributed by atoms with Crippen LogP contribution in [0.2, 0.25) is 5.02 Å². The van der Waals surface area contributed by atoms with Gasteiger partial charge in [0.2, 0.25) is 0 Å². The third-order valence-electron chi connectivity index (χ3n) is 2.98. The van der Waals surface area contributed by atoms with Crippen LogP contribution < -0.4 is 10.6 Å². The highest BCUT2D eigenvalue weighted by Gasteiger charge is 2.06. The van der Waals surface area contributed by atoms with Crippen molar-refractivity contribution >= 4 is 23.3 Å². The predicted molar refractivity (Wildman–Crippen MR) is 86.5 cm³/mol. The van der Waals surface area contributed by atoms with Crippen molar-refractivity contribution in [1.82, 2.24) is 25.3 Å². The van der Waals surface area contributed by atoms with Crippen molar-refractivity contribution in [3.05, 3.63) is 65.7 Å². The Morgan fingerprint density at radius 1 is 1.22 bits per heavy atom. The van der Waals surface area contributed by atoms with Crippen LogP contribution in [-0.4, -0.2) is 26.0 Å². The number of carbonyl (C=O) groups is 1. The number of nitrogens with one attached hydrogen (secondary N) is 2. The molecule has 8 heteroatoms. The zero-order chi connectivity index (χ0) is 16.1. The summed E-state index contributed by atoms with van der Waals surface area (Å²) in [5.74, 6) is 0. The number of rotatable bonds is 4. The lowest BCUT2D eigenvalue weighted by Crippen LogP contribution is -2.28. The first-order valence-corrected chi connectivity index (χ1v) is 7.20. The second-order valence-corrected chi connectivity index (χ2v) is 5.11. The Bertz CT molecular complexity index is 804. The molecule has 7 nitrogen and oxygen atoms in total. The van der Waals surface area contributed by atoms with Gasteiger partial charge in [0.1, 0.15) is 5.69 Å². The Balaban J connectivity index is 1.56. The number of aromatic nitrogens is 4. The number of hydrogen-bond acceptors (Lipinski definition) is 4. The van der Waals surface area contributed by atoms with Crippen LogP contribution in [0, 0.1) is 0 Å². The van der Waals surface area contributed by atoms with E-state index in [-0.39, 0.29) is 12.6 Å². The molecule has 0 unspecified atom stereocenters. The topological polar surface area (TPSA) is 84.7 Å². The lowest BCUT2D eigenvalue weighted by Gasteiger charge is -2.06. The van der Waals surface area contributed by atoms with Crippen molar-refractivity contribution < 1.29 is 4.79 Å². The molecule has 0 saturated carbocycles. The SMILES string of the molecule is O=C(NCc1cn(-c2ccncc2)nn1)Nc1cccc(Cl)c1. The molecule has 23 heavy (non-hydrogen) atoms. The first-order valence-electron chi connectivity index (χ1n) is 6.83. The summed E-state index contributed by atoms with van der Waals surface area (Å²) in [6, 6.07) is 10.2. The van der Waals surface area contributed by atoms with Crippen LogP contribution in [0.25, 0.3) is 5.69 Å². The Kier molecular flexibility index (Phi) is 4.49. The molecular weight excluding hydrogens is 316 g/mol. The fraction of sp³-hybridized carbons (Fsp3) is 0.0667. The molecule has 0 aliphatic heterocycles. The molecule has 2 N–H and O–H groups in total. The highest BCUT2D eigenvalue weighted by atomic mass is 35.5. The van der Waals surface area contributed by atoms with E-state index in [1.807, 2.05) is 12.1 Å². The quantitative estimate of drug-likeness (QED) is 0.771. The number of benzene rings is 1. The molecule has 0 fully saturated rings. The maximum atomic E-state index is 11.8. The minimum atomic E-state index is -0.342. The Morgan fingerprint density at radius 3 is 2.83 bits per heavy atom.